The molecule has 9 heteroatoms. The minimum Gasteiger partial charge on any atom is -0.498 e. The number of allylic oxidation sites excluding steroid dienone is 3. The van der Waals surface area contributed by atoms with Crippen LogP contribution >= 0.6 is 7.82 Å². The van der Waals surface area contributed by atoms with Crippen molar-refractivity contribution in [2.24, 2.45) is 0 Å². The summed E-state index contributed by atoms with van der Waals surface area (Å²) in [4.78, 5) is 22.8. The van der Waals surface area contributed by atoms with E-state index in [0.29, 0.717) is 17.4 Å². The van der Waals surface area contributed by atoms with E-state index in [4.69, 9.17) is 18.5 Å². The number of phosphoric ester groups is 1. The van der Waals surface area contributed by atoms with Gasteiger partial charge >= 0.3 is 13.8 Å². The fraction of sp³-hybridized carbons (Fsp3) is 0.884. The van der Waals surface area contributed by atoms with Gasteiger partial charge in [-0.15, -0.1) is 0 Å². The Labute approximate surface area is 322 Å². The van der Waals surface area contributed by atoms with Crippen LogP contribution in [-0.2, 0) is 27.9 Å². The first-order valence-corrected chi connectivity index (χ1v) is 23.1. The number of ether oxygens (including phenoxy) is 2. The largest absolute Gasteiger partial charge is 0.498 e. The van der Waals surface area contributed by atoms with E-state index < -0.39 is 13.9 Å². The lowest BCUT2D eigenvalue weighted by Crippen LogP contribution is -2.37. The predicted molar refractivity (Wildman–Crippen MR) is 219 cm³/mol. The van der Waals surface area contributed by atoms with Gasteiger partial charge in [0, 0.05) is 6.42 Å². The second kappa shape index (κ2) is 36.8. The number of quaternary nitrogens is 1. The molecular weight excluding hydrogens is 673 g/mol. The number of hydrogen-bond donors (Lipinski definition) is 1. The summed E-state index contributed by atoms with van der Waals surface area (Å²) in [5.74, 6) is -0.344. The zero-order valence-electron chi connectivity index (χ0n) is 34.8. The van der Waals surface area contributed by atoms with Crippen molar-refractivity contribution in [3.05, 3.63) is 24.5 Å². The highest BCUT2D eigenvalue weighted by molar-refractivity contribution is 7.47. The van der Waals surface area contributed by atoms with E-state index in [1.54, 1.807) is 6.26 Å². The summed E-state index contributed by atoms with van der Waals surface area (Å²) in [6, 6.07) is 0. The topological polar surface area (TPSA) is 91.3 Å². The maximum Gasteiger partial charge on any atom is 0.472 e. The van der Waals surface area contributed by atoms with Gasteiger partial charge in [0.2, 0.25) is 0 Å². The number of rotatable bonds is 40. The molecule has 8 nitrogen and oxygen atoms in total. The van der Waals surface area contributed by atoms with Crippen molar-refractivity contribution in [1.82, 2.24) is 0 Å². The summed E-state index contributed by atoms with van der Waals surface area (Å²) in [6.07, 6.45) is 41.6. The number of esters is 1. The number of phosphoric acid groups is 1. The van der Waals surface area contributed by atoms with Gasteiger partial charge in [0.25, 0.3) is 0 Å². The Hall–Kier alpha value is -1.18. The molecule has 0 saturated carbocycles. The Kier molecular flexibility index (Phi) is 35.9. The smallest absolute Gasteiger partial charge is 0.472 e. The molecule has 0 aliphatic heterocycles. The van der Waals surface area contributed by atoms with Crippen molar-refractivity contribution in [2.75, 3.05) is 47.5 Å². The number of hydrogen-bond acceptors (Lipinski definition) is 6. The second-order valence-electron chi connectivity index (χ2n) is 15.8. The third kappa shape index (κ3) is 40.0. The summed E-state index contributed by atoms with van der Waals surface area (Å²) in [6.45, 7) is 4.91. The van der Waals surface area contributed by atoms with Crippen molar-refractivity contribution in [3.8, 4) is 0 Å². The summed E-state index contributed by atoms with van der Waals surface area (Å²) in [7, 11) is 1.63. The molecule has 0 rings (SSSR count). The van der Waals surface area contributed by atoms with Crippen LogP contribution in [0.5, 0.6) is 0 Å². The molecule has 0 bridgehead atoms. The molecule has 52 heavy (non-hydrogen) atoms. The van der Waals surface area contributed by atoms with Gasteiger partial charge in [-0.05, 0) is 51.0 Å². The van der Waals surface area contributed by atoms with Crippen LogP contribution in [0, 0.1) is 0 Å². The van der Waals surface area contributed by atoms with Crippen molar-refractivity contribution in [3.63, 3.8) is 0 Å². The van der Waals surface area contributed by atoms with Gasteiger partial charge in [-0.25, -0.2) is 4.57 Å². The van der Waals surface area contributed by atoms with Gasteiger partial charge in [0.05, 0.1) is 34.0 Å². The second-order valence-corrected chi connectivity index (χ2v) is 17.2. The van der Waals surface area contributed by atoms with E-state index in [1.807, 2.05) is 27.2 Å². The van der Waals surface area contributed by atoms with Gasteiger partial charge in [-0.1, -0.05) is 154 Å². The molecule has 0 aromatic rings. The van der Waals surface area contributed by atoms with Crippen LogP contribution in [0.25, 0.3) is 0 Å². The van der Waals surface area contributed by atoms with Crippen LogP contribution in [0.1, 0.15) is 194 Å². The van der Waals surface area contributed by atoms with Gasteiger partial charge in [0.1, 0.15) is 19.8 Å². The molecule has 0 amide bonds. The highest BCUT2D eigenvalue weighted by atomic mass is 31.2. The Morgan fingerprint density at radius 1 is 0.596 bits per heavy atom. The van der Waals surface area contributed by atoms with Crippen LogP contribution in [0.15, 0.2) is 24.5 Å². The summed E-state index contributed by atoms with van der Waals surface area (Å²) >= 11 is 0. The Morgan fingerprint density at radius 3 is 1.52 bits per heavy atom. The van der Waals surface area contributed by atoms with Crippen LogP contribution in [0.2, 0.25) is 0 Å². The molecular formula is C43H85NO7P+. The maximum absolute atomic E-state index is 12.6. The summed E-state index contributed by atoms with van der Waals surface area (Å²) in [5.41, 5.74) is 0. The lowest BCUT2D eigenvalue weighted by molar-refractivity contribution is -0.870. The van der Waals surface area contributed by atoms with E-state index >= 15 is 0 Å². The SMILES string of the molecule is CCCCC/C=C\CCCCCCCC(=O)O[C@H](CO/C=C\CCCCCCCCCCCCCCCCCC)COP(=O)(O)OCC[N+](C)(C)C. The van der Waals surface area contributed by atoms with Crippen LogP contribution < -0.4 is 0 Å². The van der Waals surface area contributed by atoms with Crippen molar-refractivity contribution >= 4 is 13.8 Å². The highest BCUT2D eigenvalue weighted by Gasteiger charge is 2.26. The third-order valence-corrected chi connectivity index (χ3v) is 10.3. The quantitative estimate of drug-likeness (QED) is 0.0166. The first kappa shape index (κ1) is 50.8. The highest BCUT2D eigenvalue weighted by Crippen LogP contribution is 2.43. The molecule has 0 aromatic heterocycles. The minimum atomic E-state index is -4.29. The van der Waals surface area contributed by atoms with Crippen LogP contribution in [-0.4, -0.2) is 69.0 Å². The number of nitrogens with zero attached hydrogens (tertiary/aromatic N) is 1. The Bertz CT molecular complexity index is 889. The maximum atomic E-state index is 12.6. The zero-order chi connectivity index (χ0) is 38.4. The normalized spacial score (nSPS) is 14.0. The fourth-order valence-electron chi connectivity index (χ4n) is 5.92. The monoisotopic (exact) mass is 759 g/mol. The van der Waals surface area contributed by atoms with E-state index in [2.05, 4.69) is 26.0 Å². The summed E-state index contributed by atoms with van der Waals surface area (Å²) in [5, 5.41) is 0. The number of unbranched alkanes of at least 4 members (excludes halogenated alkanes) is 24. The first-order chi connectivity index (χ1) is 25.1. The molecule has 2 atom stereocenters. The summed E-state index contributed by atoms with van der Waals surface area (Å²) < 4.78 is 34.7. The molecule has 0 saturated heterocycles. The van der Waals surface area contributed by atoms with Gasteiger partial charge in [0.15, 0.2) is 6.10 Å². The number of likely N-dealkylation sites (N-methyl/N-ethyl adjacent to an activating group) is 1. The van der Waals surface area contributed by atoms with Gasteiger partial charge in [-0.2, -0.15) is 0 Å². The molecule has 0 heterocycles. The standard InChI is InChI=1S/C43H84NO7P/c1-6-8-10-12-14-16-18-20-21-22-23-24-25-27-29-31-33-35-38-48-40-42(41-50-52(46,47)49-39-37-44(3,4)5)51-43(45)36-34-32-30-28-26-19-17-15-13-11-9-7-2/h15,17,35,38,42H,6-14,16,18-34,36-37,39-41H2,1-5H3/p+1/b17-15-,38-35-/t42-/m1/s1. The van der Waals surface area contributed by atoms with E-state index in [9.17, 15) is 14.3 Å². The lowest BCUT2D eigenvalue weighted by atomic mass is 10.0. The van der Waals surface area contributed by atoms with Crippen molar-refractivity contribution in [2.45, 2.75) is 200 Å². The molecule has 0 spiro atoms. The molecule has 0 aliphatic rings. The molecule has 0 fully saturated rings. The molecule has 0 aliphatic carbocycles. The average molecular weight is 759 g/mol. The average Bonchev–Trinajstić information content (AvgIpc) is 3.09. The molecule has 0 aromatic carbocycles. The predicted octanol–water partition coefficient (Wildman–Crippen LogP) is 12.8. The number of carbonyl (C=O) groups is 1. The third-order valence-electron chi connectivity index (χ3n) is 9.33. The Balaban J connectivity index is 4.25. The molecule has 1 unspecified atom stereocenters. The molecule has 1 N–H and O–H groups in total. The van der Waals surface area contributed by atoms with Gasteiger partial charge < -0.3 is 18.9 Å². The van der Waals surface area contributed by atoms with Crippen LogP contribution in [0.4, 0.5) is 0 Å². The van der Waals surface area contributed by atoms with Crippen molar-refractivity contribution < 1.29 is 37.3 Å². The fourth-order valence-corrected chi connectivity index (χ4v) is 6.67. The van der Waals surface area contributed by atoms with E-state index in [1.165, 1.54) is 128 Å². The zero-order valence-corrected chi connectivity index (χ0v) is 35.7. The van der Waals surface area contributed by atoms with E-state index in [-0.39, 0.29) is 25.8 Å². The van der Waals surface area contributed by atoms with Crippen LogP contribution in [0.3, 0.4) is 0 Å². The molecule has 0 radical (unpaired) electrons. The van der Waals surface area contributed by atoms with Gasteiger partial charge in [-0.3, -0.25) is 13.8 Å². The molecule has 308 valence electrons. The first-order valence-electron chi connectivity index (χ1n) is 21.6. The Morgan fingerprint density at radius 2 is 1.02 bits per heavy atom. The number of carbonyl (C=O) groups excluding carboxylic acids is 1. The van der Waals surface area contributed by atoms with Crippen molar-refractivity contribution in [1.29, 1.82) is 0 Å². The minimum absolute atomic E-state index is 0.0477. The lowest BCUT2D eigenvalue weighted by Gasteiger charge is -2.24. The van der Waals surface area contributed by atoms with E-state index in [0.717, 1.165) is 44.9 Å².